The Morgan fingerprint density at radius 2 is 1.86 bits per heavy atom. The largest absolute Gasteiger partial charge is 0.359 e. The van der Waals surface area contributed by atoms with E-state index < -0.39 is 0 Å². The number of benzene rings is 1. The van der Waals surface area contributed by atoms with Gasteiger partial charge in [-0.2, -0.15) is 0 Å². The molecule has 1 aromatic heterocycles. The predicted molar refractivity (Wildman–Crippen MR) is 59.7 cm³/mol. The molecule has 0 fully saturated rings. The molecule has 0 aliphatic rings. The van der Waals surface area contributed by atoms with Crippen LogP contribution < -0.4 is 5.32 Å². The van der Waals surface area contributed by atoms with Crippen molar-refractivity contribution in [2.75, 3.05) is 12.4 Å². The van der Waals surface area contributed by atoms with Gasteiger partial charge in [0.05, 0.1) is 11.0 Å². The first-order valence-corrected chi connectivity index (χ1v) is 4.75. The van der Waals surface area contributed by atoms with Crippen molar-refractivity contribution in [1.29, 1.82) is 0 Å². The minimum atomic E-state index is 0.907. The standard InChI is InChI=1S/C11H15N3/c1-7-5-9-10(6-8(7)2)14(4)11(12-3)13-9/h5-6H,1-4H3,(H,12,13). The van der Waals surface area contributed by atoms with E-state index in [1.165, 1.54) is 16.6 Å². The highest BCUT2D eigenvalue weighted by atomic mass is 15.2. The van der Waals surface area contributed by atoms with Crippen molar-refractivity contribution in [3.63, 3.8) is 0 Å². The molecule has 74 valence electrons. The molecule has 3 heteroatoms. The molecule has 0 saturated carbocycles. The van der Waals surface area contributed by atoms with Crippen molar-refractivity contribution < 1.29 is 0 Å². The first-order chi connectivity index (χ1) is 6.63. The first kappa shape index (κ1) is 9.06. The monoisotopic (exact) mass is 189 g/mol. The molecule has 0 bridgehead atoms. The SMILES string of the molecule is CNc1nc2cc(C)c(C)cc2n1C. The van der Waals surface area contributed by atoms with Gasteiger partial charge in [0, 0.05) is 14.1 Å². The number of imidazole rings is 1. The number of anilines is 1. The van der Waals surface area contributed by atoms with Gasteiger partial charge >= 0.3 is 0 Å². The topological polar surface area (TPSA) is 29.9 Å². The third-order valence-electron chi connectivity index (χ3n) is 2.72. The lowest BCUT2D eigenvalue weighted by molar-refractivity contribution is 0.952. The molecular formula is C11H15N3. The van der Waals surface area contributed by atoms with Crippen molar-refractivity contribution in [2.24, 2.45) is 7.05 Å². The minimum absolute atomic E-state index is 0.907. The molecule has 2 rings (SSSR count). The Labute approximate surface area is 83.8 Å². The van der Waals surface area contributed by atoms with E-state index in [0.29, 0.717) is 0 Å². The molecule has 1 N–H and O–H groups in total. The average molecular weight is 189 g/mol. The molecular weight excluding hydrogens is 174 g/mol. The zero-order valence-corrected chi connectivity index (χ0v) is 9.05. The molecule has 3 nitrogen and oxygen atoms in total. The van der Waals surface area contributed by atoms with E-state index in [0.717, 1.165) is 11.5 Å². The molecule has 14 heavy (non-hydrogen) atoms. The molecule has 0 amide bonds. The van der Waals surface area contributed by atoms with Crippen molar-refractivity contribution in [3.8, 4) is 0 Å². The Morgan fingerprint density at radius 3 is 2.50 bits per heavy atom. The second-order valence-corrected chi connectivity index (χ2v) is 3.67. The predicted octanol–water partition coefficient (Wildman–Crippen LogP) is 2.23. The highest BCUT2D eigenvalue weighted by molar-refractivity contribution is 5.80. The summed E-state index contributed by atoms with van der Waals surface area (Å²) in [7, 11) is 3.91. The minimum Gasteiger partial charge on any atom is -0.359 e. The van der Waals surface area contributed by atoms with E-state index >= 15 is 0 Å². The van der Waals surface area contributed by atoms with Gasteiger partial charge in [-0.25, -0.2) is 4.98 Å². The Kier molecular flexibility index (Phi) is 1.95. The number of aryl methyl sites for hydroxylation is 3. The normalized spacial score (nSPS) is 10.9. The molecule has 0 spiro atoms. The van der Waals surface area contributed by atoms with Gasteiger partial charge in [-0.3, -0.25) is 0 Å². The summed E-state index contributed by atoms with van der Waals surface area (Å²) in [5.41, 5.74) is 4.83. The van der Waals surface area contributed by atoms with Crippen LogP contribution in [0.4, 0.5) is 5.95 Å². The van der Waals surface area contributed by atoms with E-state index in [9.17, 15) is 0 Å². The summed E-state index contributed by atoms with van der Waals surface area (Å²) in [5, 5.41) is 3.08. The number of aromatic nitrogens is 2. The van der Waals surface area contributed by atoms with Crippen LogP contribution in [-0.4, -0.2) is 16.6 Å². The Morgan fingerprint density at radius 1 is 1.21 bits per heavy atom. The fourth-order valence-corrected chi connectivity index (χ4v) is 1.67. The lowest BCUT2D eigenvalue weighted by Gasteiger charge is -2.01. The van der Waals surface area contributed by atoms with Crippen LogP contribution in [-0.2, 0) is 7.05 Å². The summed E-state index contributed by atoms with van der Waals surface area (Å²) >= 11 is 0. The number of hydrogen-bond acceptors (Lipinski definition) is 2. The van der Waals surface area contributed by atoms with Gasteiger partial charge in [-0.05, 0) is 37.1 Å². The Balaban J connectivity index is 2.80. The van der Waals surface area contributed by atoms with Crippen LogP contribution in [0.25, 0.3) is 11.0 Å². The van der Waals surface area contributed by atoms with E-state index in [4.69, 9.17) is 0 Å². The first-order valence-electron chi connectivity index (χ1n) is 4.75. The Bertz CT molecular complexity index is 483. The molecule has 0 aliphatic heterocycles. The maximum atomic E-state index is 4.48. The molecule has 0 unspecified atom stereocenters. The van der Waals surface area contributed by atoms with Gasteiger partial charge in [0.25, 0.3) is 0 Å². The van der Waals surface area contributed by atoms with E-state index in [2.05, 4.69) is 40.8 Å². The van der Waals surface area contributed by atoms with Gasteiger partial charge in [0.1, 0.15) is 0 Å². The number of rotatable bonds is 1. The van der Waals surface area contributed by atoms with Gasteiger partial charge in [-0.1, -0.05) is 0 Å². The molecule has 0 radical (unpaired) electrons. The average Bonchev–Trinajstić information content (AvgIpc) is 2.45. The highest BCUT2D eigenvalue weighted by Crippen LogP contribution is 2.21. The van der Waals surface area contributed by atoms with Gasteiger partial charge in [-0.15, -0.1) is 0 Å². The van der Waals surface area contributed by atoms with Crippen LogP contribution >= 0.6 is 0 Å². The maximum absolute atomic E-state index is 4.48. The number of fused-ring (bicyclic) bond motifs is 1. The van der Waals surface area contributed by atoms with Crippen LogP contribution in [0.3, 0.4) is 0 Å². The van der Waals surface area contributed by atoms with E-state index in [1.54, 1.807) is 0 Å². The van der Waals surface area contributed by atoms with Crippen LogP contribution in [0.5, 0.6) is 0 Å². The molecule has 1 aromatic carbocycles. The summed E-state index contributed by atoms with van der Waals surface area (Å²) in [5.74, 6) is 0.907. The number of nitrogens with zero attached hydrogens (tertiary/aromatic N) is 2. The summed E-state index contributed by atoms with van der Waals surface area (Å²) in [4.78, 5) is 4.48. The lowest BCUT2D eigenvalue weighted by Crippen LogP contribution is -1.97. The summed E-state index contributed by atoms with van der Waals surface area (Å²) in [6.45, 7) is 4.24. The van der Waals surface area contributed by atoms with Crippen molar-refractivity contribution in [3.05, 3.63) is 23.3 Å². The van der Waals surface area contributed by atoms with E-state index in [-0.39, 0.29) is 0 Å². The number of hydrogen-bond donors (Lipinski definition) is 1. The van der Waals surface area contributed by atoms with Crippen LogP contribution in [0.15, 0.2) is 12.1 Å². The third-order valence-corrected chi connectivity index (χ3v) is 2.72. The smallest absolute Gasteiger partial charge is 0.203 e. The summed E-state index contributed by atoms with van der Waals surface area (Å²) < 4.78 is 2.07. The molecule has 1 heterocycles. The number of nitrogens with one attached hydrogen (secondary N) is 1. The lowest BCUT2D eigenvalue weighted by atomic mass is 10.1. The van der Waals surface area contributed by atoms with Gasteiger partial charge in [0.2, 0.25) is 5.95 Å². The van der Waals surface area contributed by atoms with Crippen LogP contribution in [0.1, 0.15) is 11.1 Å². The van der Waals surface area contributed by atoms with Crippen molar-refractivity contribution >= 4 is 17.0 Å². The second kappa shape index (κ2) is 3.01. The fraction of sp³-hybridized carbons (Fsp3) is 0.364. The maximum Gasteiger partial charge on any atom is 0.203 e. The third kappa shape index (κ3) is 1.16. The van der Waals surface area contributed by atoms with Crippen LogP contribution in [0.2, 0.25) is 0 Å². The zero-order valence-electron chi connectivity index (χ0n) is 9.05. The molecule has 0 atom stereocenters. The highest BCUT2D eigenvalue weighted by Gasteiger charge is 2.06. The van der Waals surface area contributed by atoms with Crippen molar-refractivity contribution in [2.45, 2.75) is 13.8 Å². The van der Waals surface area contributed by atoms with E-state index in [1.807, 2.05) is 14.1 Å². The van der Waals surface area contributed by atoms with Crippen LogP contribution in [0, 0.1) is 13.8 Å². The van der Waals surface area contributed by atoms with Gasteiger partial charge in [0.15, 0.2) is 0 Å². The quantitative estimate of drug-likeness (QED) is 0.745. The van der Waals surface area contributed by atoms with Crippen molar-refractivity contribution in [1.82, 2.24) is 9.55 Å². The summed E-state index contributed by atoms with van der Waals surface area (Å²) in [6, 6.07) is 4.31. The Hall–Kier alpha value is -1.51. The molecule has 2 aromatic rings. The zero-order chi connectivity index (χ0) is 10.3. The molecule has 0 saturated heterocycles. The fourth-order valence-electron chi connectivity index (χ4n) is 1.67. The molecule has 0 aliphatic carbocycles. The summed E-state index contributed by atoms with van der Waals surface area (Å²) in [6.07, 6.45) is 0. The van der Waals surface area contributed by atoms with Gasteiger partial charge < -0.3 is 9.88 Å². The second-order valence-electron chi connectivity index (χ2n) is 3.67.